The van der Waals surface area contributed by atoms with Crippen molar-refractivity contribution in [3.05, 3.63) is 35.9 Å². The molecule has 0 saturated heterocycles. The van der Waals surface area contributed by atoms with E-state index in [2.05, 4.69) is 44.2 Å². The molecule has 0 aliphatic heterocycles. The van der Waals surface area contributed by atoms with Gasteiger partial charge in [-0.15, -0.1) is 0 Å². The summed E-state index contributed by atoms with van der Waals surface area (Å²) in [6.07, 6.45) is 5.48. The lowest BCUT2D eigenvalue weighted by Crippen LogP contribution is -3.00. The van der Waals surface area contributed by atoms with E-state index < -0.39 is 0 Å². The van der Waals surface area contributed by atoms with Gasteiger partial charge in [0, 0.05) is 5.56 Å². The van der Waals surface area contributed by atoms with Crippen LogP contribution in [0, 0.1) is 0 Å². The molecule has 0 aliphatic rings. The highest BCUT2D eigenvalue weighted by molar-refractivity contribution is 7.96. The lowest BCUT2D eigenvalue weighted by molar-refractivity contribution is -0.00000351. The molecule has 0 fully saturated rings. The highest BCUT2D eigenvalue weighted by Crippen LogP contribution is 2.13. The van der Waals surface area contributed by atoms with Gasteiger partial charge in [0.05, 0.1) is 0 Å². The zero-order valence-electron chi connectivity index (χ0n) is 11.1. The molecule has 0 saturated carbocycles. The summed E-state index contributed by atoms with van der Waals surface area (Å²) in [7, 11) is 0.625. The number of benzene rings is 1. The number of halogens is 1. The Bertz CT molecular complexity index is 253. The van der Waals surface area contributed by atoms with E-state index in [1.807, 2.05) is 0 Å². The maximum absolute atomic E-state index is 2.30. The summed E-state index contributed by atoms with van der Waals surface area (Å²) in [5, 5.41) is 0. The van der Waals surface area contributed by atoms with Gasteiger partial charge in [-0.3, -0.25) is 0 Å². The first-order chi connectivity index (χ1) is 7.86. The molecule has 0 N–H and O–H groups in total. The first-order valence-corrected chi connectivity index (χ1v) is 8.28. The Morgan fingerprint density at radius 2 is 1.41 bits per heavy atom. The van der Waals surface area contributed by atoms with E-state index in [0.29, 0.717) is 10.9 Å². The van der Waals surface area contributed by atoms with Crippen molar-refractivity contribution in [3.63, 3.8) is 0 Å². The van der Waals surface area contributed by atoms with Gasteiger partial charge < -0.3 is 17.0 Å². The molecular weight excluding hydrogens is 292 g/mol. The van der Waals surface area contributed by atoms with Crippen molar-refractivity contribution < 1.29 is 17.0 Å². The van der Waals surface area contributed by atoms with Gasteiger partial charge in [0.1, 0.15) is 17.3 Å². The number of hydrogen-bond donors (Lipinski definition) is 0. The van der Waals surface area contributed by atoms with Gasteiger partial charge in [-0.1, -0.05) is 57.0 Å². The van der Waals surface area contributed by atoms with Gasteiger partial charge in [0.2, 0.25) is 0 Å². The average molecular weight is 317 g/mol. The van der Waals surface area contributed by atoms with Crippen LogP contribution in [0.3, 0.4) is 0 Å². The minimum Gasteiger partial charge on any atom is -1.00 e. The minimum atomic E-state index is 0. The Kier molecular flexibility index (Phi) is 11.2. The van der Waals surface area contributed by atoms with Crippen LogP contribution in [0.1, 0.15) is 45.1 Å². The molecule has 17 heavy (non-hydrogen) atoms. The van der Waals surface area contributed by atoms with Crippen LogP contribution in [-0.4, -0.2) is 11.5 Å². The molecule has 98 valence electrons. The zero-order valence-corrected chi connectivity index (χ0v) is 13.5. The van der Waals surface area contributed by atoms with Crippen LogP contribution in [0.15, 0.2) is 30.3 Å². The second-order valence-electron chi connectivity index (χ2n) is 4.36. The predicted molar refractivity (Wildman–Crippen MR) is 77.1 cm³/mol. The predicted octanol–water partition coefficient (Wildman–Crippen LogP) is 1.41. The monoisotopic (exact) mass is 316 g/mol. The Morgan fingerprint density at radius 3 is 1.88 bits per heavy atom. The Hall–Kier alpha value is 0.0500. The summed E-state index contributed by atoms with van der Waals surface area (Å²) < 4.78 is 0. The smallest absolute Gasteiger partial charge is 0.133 e. The van der Waals surface area contributed by atoms with Crippen molar-refractivity contribution in [2.24, 2.45) is 0 Å². The van der Waals surface area contributed by atoms with E-state index in [0.717, 1.165) is 0 Å². The minimum absolute atomic E-state index is 0. The van der Waals surface area contributed by atoms with E-state index >= 15 is 0 Å². The third kappa shape index (κ3) is 7.88. The standard InChI is InChI=1S/C15H25S.BrH/c1-3-5-12-16(13-6-4-2)14-15-10-8-7-9-11-15;/h7-11H,3-6,12-14H2,1-2H3;1H/q+1;/p-1. The Labute approximate surface area is 120 Å². The van der Waals surface area contributed by atoms with E-state index in [4.69, 9.17) is 0 Å². The molecule has 0 spiro atoms. The normalized spacial score (nSPS) is 10.3. The number of unbranched alkanes of at least 4 members (excludes halogenated alkanes) is 2. The highest BCUT2D eigenvalue weighted by Gasteiger charge is 2.16. The van der Waals surface area contributed by atoms with E-state index in [9.17, 15) is 0 Å². The molecular formula is C15H25BrS. The largest absolute Gasteiger partial charge is 1.00 e. The van der Waals surface area contributed by atoms with Crippen molar-refractivity contribution in [1.82, 2.24) is 0 Å². The van der Waals surface area contributed by atoms with E-state index in [1.54, 1.807) is 0 Å². The zero-order chi connectivity index (χ0) is 11.6. The molecule has 0 heterocycles. The summed E-state index contributed by atoms with van der Waals surface area (Å²) in [4.78, 5) is 0. The molecule has 0 aromatic heterocycles. The molecule has 1 rings (SSSR count). The molecule has 1 aromatic rings. The summed E-state index contributed by atoms with van der Waals surface area (Å²) in [6, 6.07) is 11.0. The van der Waals surface area contributed by atoms with Crippen LogP contribution in [0.25, 0.3) is 0 Å². The summed E-state index contributed by atoms with van der Waals surface area (Å²) in [5.74, 6) is 4.18. The van der Waals surface area contributed by atoms with Crippen LogP contribution < -0.4 is 17.0 Å². The van der Waals surface area contributed by atoms with Crippen molar-refractivity contribution in [1.29, 1.82) is 0 Å². The Morgan fingerprint density at radius 1 is 0.882 bits per heavy atom. The molecule has 0 atom stereocenters. The number of hydrogen-bond acceptors (Lipinski definition) is 0. The number of rotatable bonds is 8. The van der Waals surface area contributed by atoms with Crippen molar-refractivity contribution in [2.75, 3.05) is 11.5 Å². The fraction of sp³-hybridized carbons (Fsp3) is 0.600. The fourth-order valence-corrected chi connectivity index (χ4v) is 4.30. The van der Waals surface area contributed by atoms with Crippen LogP contribution in [0.4, 0.5) is 0 Å². The third-order valence-corrected chi connectivity index (χ3v) is 5.26. The van der Waals surface area contributed by atoms with Gasteiger partial charge in [-0.05, 0) is 23.7 Å². The van der Waals surface area contributed by atoms with Crippen LogP contribution in [0.5, 0.6) is 0 Å². The van der Waals surface area contributed by atoms with Gasteiger partial charge >= 0.3 is 0 Å². The van der Waals surface area contributed by atoms with Gasteiger partial charge in [-0.25, -0.2) is 0 Å². The molecule has 2 heteroatoms. The molecule has 0 nitrogen and oxygen atoms in total. The van der Waals surface area contributed by atoms with Crippen molar-refractivity contribution >= 4 is 10.9 Å². The topological polar surface area (TPSA) is 0 Å². The molecule has 0 unspecified atom stereocenters. The van der Waals surface area contributed by atoms with Crippen molar-refractivity contribution in [3.8, 4) is 0 Å². The van der Waals surface area contributed by atoms with Crippen LogP contribution >= 0.6 is 0 Å². The second kappa shape index (κ2) is 11.2. The first-order valence-electron chi connectivity index (χ1n) is 6.54. The van der Waals surface area contributed by atoms with E-state index in [-0.39, 0.29) is 17.0 Å². The van der Waals surface area contributed by atoms with Gasteiger partial charge in [-0.2, -0.15) is 0 Å². The van der Waals surface area contributed by atoms with E-state index in [1.165, 1.54) is 48.5 Å². The van der Waals surface area contributed by atoms with Gasteiger partial charge in [0.25, 0.3) is 0 Å². The Balaban J connectivity index is 0.00000256. The van der Waals surface area contributed by atoms with Crippen LogP contribution in [0.2, 0.25) is 0 Å². The molecule has 0 bridgehead atoms. The lowest BCUT2D eigenvalue weighted by atomic mass is 10.2. The fourth-order valence-electron chi connectivity index (χ4n) is 1.75. The quantitative estimate of drug-likeness (QED) is 0.636. The lowest BCUT2D eigenvalue weighted by Gasteiger charge is -2.08. The molecule has 0 radical (unpaired) electrons. The maximum atomic E-state index is 2.30. The highest BCUT2D eigenvalue weighted by atomic mass is 79.9. The first kappa shape index (κ1) is 17.1. The summed E-state index contributed by atoms with van der Waals surface area (Å²) in [6.45, 7) is 4.59. The third-order valence-electron chi connectivity index (χ3n) is 2.79. The SMILES string of the molecule is CCCC[S+](CCCC)Cc1ccccc1.[Br-]. The summed E-state index contributed by atoms with van der Waals surface area (Å²) >= 11 is 0. The van der Waals surface area contributed by atoms with Gasteiger partial charge in [0.15, 0.2) is 0 Å². The summed E-state index contributed by atoms with van der Waals surface area (Å²) in [5.41, 5.74) is 1.53. The van der Waals surface area contributed by atoms with Crippen molar-refractivity contribution in [2.45, 2.75) is 45.3 Å². The second-order valence-corrected chi connectivity index (χ2v) is 6.69. The maximum Gasteiger partial charge on any atom is 0.133 e. The van der Waals surface area contributed by atoms with Crippen LogP contribution in [-0.2, 0) is 16.6 Å². The molecule has 1 aromatic carbocycles. The average Bonchev–Trinajstić information content (AvgIpc) is 2.34. The molecule has 0 amide bonds. The molecule has 0 aliphatic carbocycles.